The van der Waals surface area contributed by atoms with Crippen molar-refractivity contribution in [3.63, 3.8) is 0 Å². The Morgan fingerprint density at radius 2 is 2.32 bits per heavy atom. The lowest BCUT2D eigenvalue weighted by molar-refractivity contribution is -0.139. The van der Waals surface area contributed by atoms with Crippen molar-refractivity contribution in [3.8, 4) is 6.07 Å². The minimum atomic E-state index is -0.747. The molecule has 0 fully saturated rings. The number of carbonyl (C=O) groups is 1. The number of hydrogen-bond acceptors (Lipinski definition) is 4. The van der Waals surface area contributed by atoms with Gasteiger partial charge in [-0.05, 0) is 50.6 Å². The Morgan fingerprint density at radius 3 is 2.95 bits per heavy atom. The van der Waals surface area contributed by atoms with Crippen LogP contribution >= 0.6 is 0 Å². The molecular weight excluding hydrogens is 280 g/mol. The summed E-state index contributed by atoms with van der Waals surface area (Å²) in [7, 11) is 0. The molecule has 1 atom stereocenters. The van der Waals surface area contributed by atoms with E-state index in [1.807, 2.05) is 38.1 Å². The third-order valence-corrected chi connectivity index (χ3v) is 3.38. The summed E-state index contributed by atoms with van der Waals surface area (Å²) in [6.45, 7) is 6.16. The maximum Gasteiger partial charge on any atom is 0.332 e. The van der Waals surface area contributed by atoms with Gasteiger partial charge in [0.15, 0.2) is 6.10 Å². The molecule has 0 radical (unpaired) electrons. The van der Waals surface area contributed by atoms with Crippen molar-refractivity contribution >= 4 is 12.0 Å². The summed E-state index contributed by atoms with van der Waals surface area (Å²) >= 11 is 0. The van der Waals surface area contributed by atoms with Crippen LogP contribution in [0.25, 0.3) is 6.08 Å². The molecule has 0 aliphatic rings. The fourth-order valence-corrected chi connectivity index (χ4v) is 2.20. The molecule has 0 amide bonds. The number of rotatable bonds is 5. The number of esters is 1. The zero-order valence-corrected chi connectivity index (χ0v) is 12.9. The number of nitriles is 1. The summed E-state index contributed by atoms with van der Waals surface area (Å²) in [6.07, 6.45) is 3.94. The van der Waals surface area contributed by atoms with Crippen LogP contribution in [-0.2, 0) is 16.1 Å². The molecule has 0 aliphatic heterocycles. The van der Waals surface area contributed by atoms with Crippen LogP contribution in [0.2, 0.25) is 0 Å². The zero-order chi connectivity index (χ0) is 16.1. The van der Waals surface area contributed by atoms with E-state index >= 15 is 0 Å². The first-order valence-corrected chi connectivity index (χ1v) is 6.98. The smallest absolute Gasteiger partial charge is 0.332 e. The fourth-order valence-electron chi connectivity index (χ4n) is 2.20. The highest BCUT2D eigenvalue weighted by atomic mass is 16.5. The first kappa shape index (κ1) is 15.6. The minimum absolute atomic E-state index is 0.523. The van der Waals surface area contributed by atoms with Gasteiger partial charge in [0.1, 0.15) is 11.8 Å². The Morgan fingerprint density at radius 1 is 1.55 bits per heavy atom. The normalized spacial score (nSPS) is 12.3. The third-order valence-electron chi connectivity index (χ3n) is 3.38. The largest absolute Gasteiger partial charge is 0.467 e. The van der Waals surface area contributed by atoms with Crippen molar-refractivity contribution in [1.82, 2.24) is 4.57 Å². The lowest BCUT2D eigenvalue weighted by Crippen LogP contribution is -2.10. The van der Waals surface area contributed by atoms with Crippen molar-refractivity contribution in [2.24, 2.45) is 0 Å². The van der Waals surface area contributed by atoms with Crippen LogP contribution < -0.4 is 0 Å². The molecule has 114 valence electrons. The Kier molecular flexibility index (Phi) is 4.84. The van der Waals surface area contributed by atoms with Gasteiger partial charge in [0.25, 0.3) is 0 Å². The van der Waals surface area contributed by atoms with E-state index in [9.17, 15) is 4.79 Å². The standard InChI is InChI=1S/C17H18N2O3/c1-12-9-15(6-7-17(20)22-13(2)10-18)14(3)19(12)11-16-5-4-8-21-16/h4-9,13H,11H2,1-3H3/b7-6+/t13-/m0/s1. The molecule has 2 heterocycles. The van der Waals surface area contributed by atoms with Crippen molar-refractivity contribution in [2.45, 2.75) is 33.4 Å². The van der Waals surface area contributed by atoms with Gasteiger partial charge in [0, 0.05) is 17.5 Å². The molecular formula is C17H18N2O3. The average Bonchev–Trinajstić information content (AvgIpc) is 3.09. The Hall–Kier alpha value is -2.74. The molecule has 0 saturated heterocycles. The maximum absolute atomic E-state index is 11.6. The lowest BCUT2D eigenvalue weighted by Gasteiger charge is -2.07. The van der Waals surface area contributed by atoms with Crippen LogP contribution in [0.1, 0.15) is 29.6 Å². The van der Waals surface area contributed by atoms with Crippen LogP contribution in [0.15, 0.2) is 35.0 Å². The highest BCUT2D eigenvalue weighted by molar-refractivity contribution is 5.87. The molecule has 2 aromatic rings. The second-order valence-electron chi connectivity index (χ2n) is 5.03. The summed E-state index contributed by atoms with van der Waals surface area (Å²) in [4.78, 5) is 11.6. The third kappa shape index (κ3) is 3.67. The molecule has 0 aromatic carbocycles. The molecule has 0 unspecified atom stereocenters. The van der Waals surface area contributed by atoms with Crippen molar-refractivity contribution in [1.29, 1.82) is 5.26 Å². The molecule has 5 nitrogen and oxygen atoms in total. The van der Waals surface area contributed by atoms with Gasteiger partial charge in [-0.1, -0.05) is 0 Å². The number of ether oxygens (including phenoxy) is 1. The number of nitrogens with zero attached hydrogens (tertiary/aromatic N) is 2. The van der Waals surface area contributed by atoms with Gasteiger partial charge >= 0.3 is 5.97 Å². The molecule has 22 heavy (non-hydrogen) atoms. The van der Waals surface area contributed by atoms with E-state index in [4.69, 9.17) is 14.4 Å². The van der Waals surface area contributed by atoms with E-state index in [-0.39, 0.29) is 0 Å². The predicted octanol–water partition coefficient (Wildman–Crippen LogP) is 3.21. The fraction of sp³-hybridized carbons (Fsp3) is 0.294. The molecule has 0 bridgehead atoms. The van der Waals surface area contributed by atoms with E-state index in [1.165, 1.54) is 13.0 Å². The van der Waals surface area contributed by atoms with E-state index in [2.05, 4.69) is 4.57 Å². The van der Waals surface area contributed by atoms with Gasteiger partial charge in [-0.15, -0.1) is 0 Å². The summed E-state index contributed by atoms with van der Waals surface area (Å²) < 4.78 is 12.4. The average molecular weight is 298 g/mol. The van der Waals surface area contributed by atoms with Crippen molar-refractivity contribution in [3.05, 3.63) is 53.2 Å². The van der Waals surface area contributed by atoms with E-state index < -0.39 is 12.1 Å². The monoisotopic (exact) mass is 298 g/mol. The van der Waals surface area contributed by atoms with Crippen molar-refractivity contribution < 1.29 is 13.9 Å². The highest BCUT2D eigenvalue weighted by Crippen LogP contribution is 2.18. The number of aryl methyl sites for hydroxylation is 1. The lowest BCUT2D eigenvalue weighted by atomic mass is 10.2. The maximum atomic E-state index is 11.6. The van der Waals surface area contributed by atoms with Crippen molar-refractivity contribution in [2.75, 3.05) is 0 Å². The SMILES string of the molecule is Cc1cc(/C=C/C(=O)O[C@@H](C)C#N)c(C)n1Cc1ccco1. The highest BCUT2D eigenvalue weighted by Gasteiger charge is 2.10. The quantitative estimate of drug-likeness (QED) is 0.628. The number of furan rings is 1. The first-order chi connectivity index (χ1) is 10.5. The van der Waals surface area contributed by atoms with Crippen LogP contribution in [-0.4, -0.2) is 16.6 Å². The summed E-state index contributed by atoms with van der Waals surface area (Å²) in [6, 6.07) is 7.63. The minimum Gasteiger partial charge on any atom is -0.467 e. The van der Waals surface area contributed by atoms with Gasteiger partial charge in [0.2, 0.25) is 0 Å². The number of hydrogen-bond donors (Lipinski definition) is 0. The molecule has 0 aliphatic carbocycles. The van der Waals surface area contributed by atoms with Crippen LogP contribution in [0.4, 0.5) is 0 Å². The van der Waals surface area contributed by atoms with E-state index in [1.54, 1.807) is 12.3 Å². The van der Waals surface area contributed by atoms with Gasteiger partial charge in [0.05, 0.1) is 12.8 Å². The molecule has 0 spiro atoms. The molecule has 2 aromatic heterocycles. The summed E-state index contributed by atoms with van der Waals surface area (Å²) in [5.74, 6) is 0.351. The zero-order valence-electron chi connectivity index (χ0n) is 12.9. The van der Waals surface area contributed by atoms with Gasteiger partial charge in [-0.25, -0.2) is 4.79 Å². The predicted molar refractivity (Wildman–Crippen MR) is 81.9 cm³/mol. The number of aromatic nitrogens is 1. The Bertz CT molecular complexity index is 718. The van der Waals surface area contributed by atoms with Crippen LogP contribution in [0, 0.1) is 25.2 Å². The van der Waals surface area contributed by atoms with Crippen LogP contribution in [0.3, 0.4) is 0 Å². The first-order valence-electron chi connectivity index (χ1n) is 6.98. The summed E-state index contributed by atoms with van der Waals surface area (Å²) in [5.41, 5.74) is 3.05. The second-order valence-corrected chi connectivity index (χ2v) is 5.03. The Balaban J connectivity index is 2.13. The number of carbonyl (C=O) groups excluding carboxylic acids is 1. The molecule has 2 rings (SSSR count). The van der Waals surface area contributed by atoms with Gasteiger partial charge in [-0.3, -0.25) is 0 Å². The topological polar surface area (TPSA) is 68.2 Å². The van der Waals surface area contributed by atoms with E-state index in [0.717, 1.165) is 22.7 Å². The molecule has 5 heteroatoms. The van der Waals surface area contributed by atoms with Gasteiger partial charge in [-0.2, -0.15) is 5.26 Å². The molecule has 0 saturated carbocycles. The van der Waals surface area contributed by atoms with E-state index in [0.29, 0.717) is 6.54 Å². The second kappa shape index (κ2) is 6.81. The Labute approximate surface area is 129 Å². The summed E-state index contributed by atoms with van der Waals surface area (Å²) in [5, 5.41) is 8.61. The molecule has 0 N–H and O–H groups in total. The van der Waals surface area contributed by atoms with Crippen LogP contribution in [0.5, 0.6) is 0 Å². The van der Waals surface area contributed by atoms with Gasteiger partial charge < -0.3 is 13.7 Å².